The minimum atomic E-state index is -1.95. The maximum absolute atomic E-state index is 5.97. The Hall–Kier alpha value is -3.00. The number of hydrogen-bond acceptors (Lipinski definition) is 0. The zero-order valence-corrected chi connectivity index (χ0v) is 31.5. The van der Waals surface area contributed by atoms with Crippen LogP contribution in [0.25, 0.3) is 43.8 Å². The van der Waals surface area contributed by atoms with Gasteiger partial charge in [0.1, 0.15) is 0 Å². The molecule has 0 saturated carbocycles. The molecule has 0 saturated heterocycles. The Labute approximate surface area is 283 Å². The first-order valence-electron chi connectivity index (χ1n) is 15.2. The fourth-order valence-electron chi connectivity index (χ4n) is 5.90. The first-order chi connectivity index (χ1) is 21.7. The van der Waals surface area contributed by atoms with Gasteiger partial charge >= 0.3 is 82.5 Å². The summed E-state index contributed by atoms with van der Waals surface area (Å²) < 4.78 is 0. The standard InChI is InChI=1S/2C17H15.C7H8Si.2ClH.Zr/c2*1-12-10-13(2)17(11-12)16-9-5-7-14-6-3-4-8-15(14)16;1-8-7-5-3-2-4-6-7;;;/h2*3-11H,1-2H3;2-6H,1H3;2*1H;/q2*-1;;;;+2/p-2. The van der Waals surface area contributed by atoms with Gasteiger partial charge in [-0.05, 0) is 21.5 Å². The van der Waals surface area contributed by atoms with Crippen molar-refractivity contribution in [1.82, 2.24) is 0 Å². The summed E-state index contributed by atoms with van der Waals surface area (Å²) in [7, 11) is 11.9. The van der Waals surface area contributed by atoms with E-state index in [4.69, 9.17) is 17.0 Å². The predicted octanol–water partition coefficient (Wildman–Crippen LogP) is 12.1. The fraction of sp³-hybridized carbons (Fsp3) is 0.122. The van der Waals surface area contributed by atoms with Crippen molar-refractivity contribution >= 4 is 49.2 Å². The maximum Gasteiger partial charge on any atom is -0.0189 e. The fourth-order valence-corrected chi connectivity index (χ4v) is 13.5. The van der Waals surface area contributed by atoms with Crippen molar-refractivity contribution in [2.24, 2.45) is 0 Å². The van der Waals surface area contributed by atoms with Crippen LogP contribution in [0, 0.1) is 27.7 Å². The van der Waals surface area contributed by atoms with Crippen LogP contribution < -0.4 is 5.19 Å². The summed E-state index contributed by atoms with van der Waals surface area (Å²) in [5, 5.41) is 6.66. The van der Waals surface area contributed by atoms with Gasteiger partial charge in [0.25, 0.3) is 0 Å². The van der Waals surface area contributed by atoms with Crippen molar-refractivity contribution in [2.45, 2.75) is 34.2 Å². The Morgan fingerprint density at radius 2 is 0.889 bits per heavy atom. The van der Waals surface area contributed by atoms with Gasteiger partial charge in [0.05, 0.1) is 0 Å². The van der Waals surface area contributed by atoms with E-state index in [1.807, 2.05) is 18.2 Å². The molecule has 0 N–H and O–H groups in total. The molecule has 0 aliphatic carbocycles. The van der Waals surface area contributed by atoms with Crippen molar-refractivity contribution in [3.8, 4) is 22.3 Å². The number of benzene rings is 5. The SMILES string of the molecule is C[Si](c1ccccc1)=[Zr]([Cl])[Cl].Cc1cc(-c2cccc3ccccc23)c(C)[cH-]1.Cc1cc(-c2cccc3ccccc23)c(C)[cH-]1. The molecule has 7 aromatic carbocycles. The van der Waals surface area contributed by atoms with E-state index in [9.17, 15) is 0 Å². The van der Waals surface area contributed by atoms with E-state index in [0.717, 1.165) is 0 Å². The average Bonchev–Trinajstić information content (AvgIpc) is 3.58. The third-order valence-corrected chi connectivity index (χ3v) is 26.3. The molecule has 0 fully saturated rings. The predicted molar refractivity (Wildman–Crippen MR) is 198 cm³/mol. The number of hydrogen-bond donors (Lipinski definition) is 0. The van der Waals surface area contributed by atoms with E-state index in [1.54, 1.807) is 0 Å². The average molecular weight is 721 g/mol. The first kappa shape index (κ1) is 33.4. The summed E-state index contributed by atoms with van der Waals surface area (Å²) in [5.74, 6) is 0. The van der Waals surface area contributed by atoms with Crippen molar-refractivity contribution in [3.63, 3.8) is 0 Å². The van der Waals surface area contributed by atoms with E-state index in [-0.39, 0.29) is 0 Å². The molecular weight excluding hydrogens is 683 g/mol. The molecule has 0 radical (unpaired) electrons. The van der Waals surface area contributed by atoms with E-state index >= 15 is 0 Å². The Kier molecular flexibility index (Phi) is 11.5. The van der Waals surface area contributed by atoms with Gasteiger partial charge < -0.3 is 0 Å². The summed E-state index contributed by atoms with van der Waals surface area (Å²) in [4.78, 5) is 0. The van der Waals surface area contributed by atoms with Gasteiger partial charge in [0.15, 0.2) is 0 Å². The molecule has 0 unspecified atom stereocenters. The monoisotopic (exact) mass is 718 g/mol. The van der Waals surface area contributed by atoms with E-state index < -0.39 is 23.4 Å². The Balaban J connectivity index is 0.000000137. The van der Waals surface area contributed by atoms with Gasteiger partial charge in [-0.2, -0.15) is 45.5 Å². The Morgan fingerprint density at radius 3 is 1.29 bits per heavy atom. The molecule has 45 heavy (non-hydrogen) atoms. The zero-order chi connectivity index (χ0) is 31.9. The van der Waals surface area contributed by atoms with Crippen LogP contribution in [0.4, 0.5) is 0 Å². The Bertz CT molecular complexity index is 1950. The minimum Gasteiger partial charge on any atom is -0.203 e. The summed E-state index contributed by atoms with van der Waals surface area (Å²) in [6.07, 6.45) is 0. The van der Waals surface area contributed by atoms with Crippen LogP contribution in [0.15, 0.2) is 140 Å². The van der Waals surface area contributed by atoms with Gasteiger partial charge in [0, 0.05) is 0 Å². The molecule has 0 amide bonds. The van der Waals surface area contributed by atoms with E-state index in [1.165, 1.54) is 71.2 Å². The number of aryl methyl sites for hydroxylation is 4. The van der Waals surface area contributed by atoms with Gasteiger partial charge in [-0.1, -0.05) is 124 Å². The van der Waals surface area contributed by atoms with Crippen LogP contribution in [0.3, 0.4) is 0 Å². The molecule has 0 bridgehead atoms. The summed E-state index contributed by atoms with van der Waals surface area (Å²) in [6.45, 7) is 10.9. The molecule has 0 aromatic heterocycles. The minimum absolute atomic E-state index is 0.557. The van der Waals surface area contributed by atoms with Gasteiger partial charge in [-0.3, -0.25) is 0 Å². The van der Waals surface area contributed by atoms with Crippen LogP contribution >= 0.6 is 17.0 Å². The number of fused-ring (bicyclic) bond motifs is 2. The smallest absolute Gasteiger partial charge is 0.0189 e. The second kappa shape index (κ2) is 15.5. The normalized spacial score (nSPS) is 10.6. The third kappa shape index (κ3) is 8.24. The Morgan fingerprint density at radius 1 is 0.489 bits per heavy atom. The van der Waals surface area contributed by atoms with Crippen molar-refractivity contribution < 1.29 is 18.0 Å². The van der Waals surface area contributed by atoms with Crippen molar-refractivity contribution in [1.29, 1.82) is 0 Å². The topological polar surface area (TPSA) is 0 Å². The number of halogens is 2. The quantitative estimate of drug-likeness (QED) is 0.126. The zero-order valence-electron chi connectivity index (χ0n) is 26.5. The first-order valence-corrected chi connectivity index (χ1v) is 27.3. The second-order valence-electron chi connectivity index (χ2n) is 11.6. The molecule has 0 spiro atoms. The maximum atomic E-state index is 5.97. The second-order valence-corrected chi connectivity index (χ2v) is 32.5. The molecule has 226 valence electrons. The molecule has 4 heteroatoms. The summed E-state index contributed by atoms with van der Waals surface area (Å²) in [5.41, 5.74) is 10.2. The van der Waals surface area contributed by atoms with Gasteiger partial charge in [-0.15, -0.1) is 0 Å². The largest absolute Gasteiger partial charge is 0.203 e. The van der Waals surface area contributed by atoms with Crippen LogP contribution in [0.2, 0.25) is 6.55 Å². The van der Waals surface area contributed by atoms with Gasteiger partial charge in [-0.25, -0.2) is 12.1 Å². The number of rotatable bonds is 3. The molecule has 7 rings (SSSR count). The summed E-state index contributed by atoms with van der Waals surface area (Å²) >= 11 is -1.95. The molecular formula is C41H38Cl2SiZr-2. The van der Waals surface area contributed by atoms with Crippen LogP contribution in [0.1, 0.15) is 22.3 Å². The summed E-state index contributed by atoms with van der Waals surface area (Å²) in [6, 6.07) is 49.6. The molecule has 7 aromatic rings. The molecule has 0 heterocycles. The molecule has 0 nitrogen and oxygen atoms in total. The van der Waals surface area contributed by atoms with Crippen molar-refractivity contribution in [3.05, 3.63) is 162 Å². The molecule has 0 aliphatic rings. The molecule has 0 atom stereocenters. The van der Waals surface area contributed by atoms with E-state index in [0.29, 0.717) is 0 Å². The van der Waals surface area contributed by atoms with Crippen molar-refractivity contribution in [2.75, 3.05) is 0 Å². The van der Waals surface area contributed by atoms with Crippen LogP contribution in [-0.4, -0.2) is 5.43 Å². The van der Waals surface area contributed by atoms with Gasteiger partial charge in [0.2, 0.25) is 0 Å². The molecule has 0 aliphatic heterocycles. The van der Waals surface area contributed by atoms with Crippen LogP contribution in [0.5, 0.6) is 0 Å². The van der Waals surface area contributed by atoms with Crippen LogP contribution in [-0.2, 0) is 18.0 Å². The van der Waals surface area contributed by atoms with E-state index in [2.05, 4.69) is 156 Å². The third-order valence-electron chi connectivity index (χ3n) is 8.13.